The number of nitrogens with two attached hydrogens (primary N) is 1. The van der Waals surface area contributed by atoms with Gasteiger partial charge in [0.05, 0.1) is 5.56 Å². The van der Waals surface area contributed by atoms with Gasteiger partial charge in [0.2, 0.25) is 5.91 Å². The van der Waals surface area contributed by atoms with Gasteiger partial charge in [0.25, 0.3) is 5.91 Å². The Labute approximate surface area is 125 Å². The number of amides is 2. The molecular formula is C15H24N4O2. The molecule has 0 radical (unpaired) electrons. The van der Waals surface area contributed by atoms with E-state index in [0.29, 0.717) is 17.8 Å². The number of carbonyl (C=O) groups excluding carboxylic acids is 2. The third-order valence-electron chi connectivity index (χ3n) is 2.83. The van der Waals surface area contributed by atoms with E-state index in [1.807, 2.05) is 32.8 Å². The topological polar surface area (TPSA) is 87.5 Å². The minimum Gasteiger partial charge on any atom is -0.399 e. The lowest BCUT2D eigenvalue weighted by molar-refractivity contribution is -0.121. The fraction of sp³-hybridized carbons (Fsp3) is 0.467. The number of carbonyl (C=O) groups is 2. The molecule has 0 bridgehead atoms. The van der Waals surface area contributed by atoms with Gasteiger partial charge < -0.3 is 21.3 Å². The van der Waals surface area contributed by atoms with Crippen molar-refractivity contribution in [3.8, 4) is 0 Å². The zero-order valence-electron chi connectivity index (χ0n) is 13.1. The average molecular weight is 292 g/mol. The Morgan fingerprint density at radius 2 is 1.95 bits per heavy atom. The van der Waals surface area contributed by atoms with Crippen molar-refractivity contribution in [3.05, 3.63) is 23.8 Å². The Hall–Kier alpha value is -2.24. The van der Waals surface area contributed by atoms with E-state index in [1.54, 1.807) is 18.2 Å². The number of rotatable bonds is 6. The Morgan fingerprint density at radius 3 is 2.52 bits per heavy atom. The number of anilines is 2. The molecule has 0 aliphatic heterocycles. The highest BCUT2D eigenvalue weighted by Crippen LogP contribution is 2.21. The van der Waals surface area contributed by atoms with Crippen LogP contribution < -0.4 is 21.3 Å². The van der Waals surface area contributed by atoms with E-state index in [0.717, 1.165) is 5.69 Å². The number of hydrogen-bond donors (Lipinski definition) is 3. The molecule has 0 fully saturated rings. The van der Waals surface area contributed by atoms with Gasteiger partial charge in [-0.1, -0.05) is 0 Å². The van der Waals surface area contributed by atoms with Crippen LogP contribution in [-0.4, -0.2) is 38.5 Å². The van der Waals surface area contributed by atoms with Crippen LogP contribution in [0.4, 0.5) is 11.4 Å². The van der Waals surface area contributed by atoms with Gasteiger partial charge in [0.15, 0.2) is 0 Å². The molecule has 116 valence electrons. The molecule has 2 amide bonds. The molecule has 0 heterocycles. The first kappa shape index (κ1) is 16.8. The summed E-state index contributed by atoms with van der Waals surface area (Å²) in [6.45, 7) is 4.08. The van der Waals surface area contributed by atoms with Crippen molar-refractivity contribution in [2.24, 2.45) is 0 Å². The van der Waals surface area contributed by atoms with Gasteiger partial charge in [-0.2, -0.15) is 0 Å². The Kier molecular flexibility index (Phi) is 6.02. The summed E-state index contributed by atoms with van der Waals surface area (Å²) in [5.74, 6) is -0.311. The first-order chi connectivity index (χ1) is 9.81. The summed E-state index contributed by atoms with van der Waals surface area (Å²) in [4.78, 5) is 25.6. The van der Waals surface area contributed by atoms with E-state index >= 15 is 0 Å². The number of nitrogen functional groups attached to an aromatic ring is 1. The van der Waals surface area contributed by atoms with Crippen LogP contribution in [0.5, 0.6) is 0 Å². The minimum absolute atomic E-state index is 0.0780. The van der Waals surface area contributed by atoms with E-state index in [4.69, 9.17) is 5.73 Å². The second-order valence-electron chi connectivity index (χ2n) is 5.40. The molecule has 4 N–H and O–H groups in total. The normalized spacial score (nSPS) is 10.3. The molecule has 1 aromatic rings. The van der Waals surface area contributed by atoms with Crippen LogP contribution in [0.1, 0.15) is 30.6 Å². The fourth-order valence-electron chi connectivity index (χ4n) is 1.90. The van der Waals surface area contributed by atoms with Gasteiger partial charge in [-0.15, -0.1) is 0 Å². The largest absolute Gasteiger partial charge is 0.399 e. The number of nitrogens with zero attached hydrogens (tertiary/aromatic N) is 1. The lowest BCUT2D eigenvalue weighted by atomic mass is 10.1. The molecule has 21 heavy (non-hydrogen) atoms. The van der Waals surface area contributed by atoms with Crippen molar-refractivity contribution in [1.29, 1.82) is 0 Å². The van der Waals surface area contributed by atoms with Crippen LogP contribution in [0.2, 0.25) is 0 Å². The molecule has 0 aromatic heterocycles. The summed E-state index contributed by atoms with van der Waals surface area (Å²) in [5, 5.41) is 5.52. The number of hydrogen-bond acceptors (Lipinski definition) is 4. The quantitative estimate of drug-likeness (QED) is 0.682. The molecular weight excluding hydrogens is 268 g/mol. The van der Waals surface area contributed by atoms with Gasteiger partial charge in [-0.05, 0) is 32.0 Å². The third kappa shape index (κ3) is 5.33. The van der Waals surface area contributed by atoms with Crippen LogP contribution in [0, 0.1) is 0 Å². The second kappa shape index (κ2) is 7.52. The maximum absolute atomic E-state index is 12.2. The highest BCUT2D eigenvalue weighted by atomic mass is 16.2. The molecule has 0 unspecified atom stereocenters. The molecule has 0 saturated carbocycles. The summed E-state index contributed by atoms with van der Waals surface area (Å²) in [6.07, 6.45) is 0.254. The van der Waals surface area contributed by atoms with E-state index in [2.05, 4.69) is 10.6 Å². The predicted molar refractivity (Wildman–Crippen MR) is 85.4 cm³/mol. The summed E-state index contributed by atoms with van der Waals surface area (Å²) in [7, 11) is 3.72. The molecule has 6 heteroatoms. The first-order valence-electron chi connectivity index (χ1n) is 6.95. The molecule has 0 saturated heterocycles. The van der Waals surface area contributed by atoms with Crippen LogP contribution >= 0.6 is 0 Å². The molecule has 0 aliphatic carbocycles. The third-order valence-corrected chi connectivity index (χ3v) is 2.83. The first-order valence-corrected chi connectivity index (χ1v) is 6.95. The van der Waals surface area contributed by atoms with E-state index in [1.165, 1.54) is 0 Å². The zero-order chi connectivity index (χ0) is 16.0. The van der Waals surface area contributed by atoms with Gasteiger partial charge in [0.1, 0.15) is 0 Å². The van der Waals surface area contributed by atoms with Crippen molar-refractivity contribution in [2.45, 2.75) is 26.3 Å². The Bertz CT molecular complexity index is 512. The summed E-state index contributed by atoms with van der Waals surface area (Å²) >= 11 is 0. The summed E-state index contributed by atoms with van der Waals surface area (Å²) in [6, 6.07) is 5.29. The minimum atomic E-state index is -0.233. The second-order valence-corrected chi connectivity index (χ2v) is 5.40. The van der Waals surface area contributed by atoms with E-state index in [-0.39, 0.29) is 24.3 Å². The molecule has 6 nitrogen and oxygen atoms in total. The number of benzene rings is 1. The van der Waals surface area contributed by atoms with Crippen molar-refractivity contribution in [2.75, 3.05) is 31.3 Å². The average Bonchev–Trinajstić information content (AvgIpc) is 2.37. The smallest absolute Gasteiger partial charge is 0.253 e. The molecule has 0 aliphatic rings. The lowest BCUT2D eigenvalue weighted by Crippen LogP contribution is -2.34. The van der Waals surface area contributed by atoms with Crippen molar-refractivity contribution >= 4 is 23.2 Å². The standard InChI is InChI=1S/C15H24N4O2/c1-10(2)18-14(20)7-8-17-15(21)12-9-11(16)5-6-13(12)19(3)4/h5-6,9-10H,7-8,16H2,1-4H3,(H,17,21)(H,18,20). The fourth-order valence-corrected chi connectivity index (χ4v) is 1.90. The lowest BCUT2D eigenvalue weighted by Gasteiger charge is -2.17. The molecule has 1 aromatic carbocycles. The van der Waals surface area contributed by atoms with Crippen LogP contribution in [-0.2, 0) is 4.79 Å². The Balaban J connectivity index is 2.64. The van der Waals surface area contributed by atoms with Crippen molar-refractivity contribution in [3.63, 3.8) is 0 Å². The molecule has 1 rings (SSSR count). The van der Waals surface area contributed by atoms with Gasteiger partial charge in [0, 0.05) is 44.5 Å². The van der Waals surface area contributed by atoms with Gasteiger partial charge in [-0.3, -0.25) is 9.59 Å². The van der Waals surface area contributed by atoms with Crippen LogP contribution in [0.25, 0.3) is 0 Å². The van der Waals surface area contributed by atoms with Crippen molar-refractivity contribution < 1.29 is 9.59 Å². The van der Waals surface area contributed by atoms with Gasteiger partial charge >= 0.3 is 0 Å². The predicted octanol–water partition coefficient (Wildman–Crippen LogP) is 0.979. The zero-order valence-corrected chi connectivity index (χ0v) is 13.1. The molecule has 0 atom stereocenters. The molecule has 0 spiro atoms. The SMILES string of the molecule is CC(C)NC(=O)CCNC(=O)c1cc(N)ccc1N(C)C. The van der Waals surface area contributed by atoms with Crippen LogP contribution in [0.15, 0.2) is 18.2 Å². The highest BCUT2D eigenvalue weighted by Gasteiger charge is 2.13. The van der Waals surface area contributed by atoms with E-state index < -0.39 is 0 Å². The summed E-state index contributed by atoms with van der Waals surface area (Å²) < 4.78 is 0. The maximum Gasteiger partial charge on any atom is 0.253 e. The maximum atomic E-state index is 12.2. The van der Waals surface area contributed by atoms with Crippen molar-refractivity contribution in [1.82, 2.24) is 10.6 Å². The monoisotopic (exact) mass is 292 g/mol. The number of nitrogens with one attached hydrogen (secondary N) is 2. The van der Waals surface area contributed by atoms with Crippen LogP contribution in [0.3, 0.4) is 0 Å². The highest BCUT2D eigenvalue weighted by molar-refractivity contribution is 6.00. The summed E-state index contributed by atoms with van der Waals surface area (Å²) in [5.41, 5.74) is 7.55. The van der Waals surface area contributed by atoms with Gasteiger partial charge in [-0.25, -0.2) is 0 Å². The Morgan fingerprint density at radius 1 is 1.29 bits per heavy atom. The van der Waals surface area contributed by atoms with E-state index in [9.17, 15) is 9.59 Å².